The number of fused-ring (bicyclic) bond motifs is 1. The number of hydrogen-bond acceptors (Lipinski definition) is 6. The summed E-state index contributed by atoms with van der Waals surface area (Å²) < 4.78 is 0. The Morgan fingerprint density at radius 1 is 1.26 bits per heavy atom. The molecule has 3 aliphatic heterocycles. The second kappa shape index (κ2) is 5.38. The minimum absolute atomic E-state index is 0.978. The molecule has 6 heteroatoms. The second-order valence-corrected chi connectivity index (χ2v) is 5.61. The Labute approximate surface area is 115 Å². The summed E-state index contributed by atoms with van der Waals surface area (Å²) >= 11 is 0. The molecule has 0 radical (unpaired) electrons. The van der Waals surface area contributed by atoms with Gasteiger partial charge in [0.25, 0.3) is 0 Å². The fourth-order valence-electron chi connectivity index (χ4n) is 2.94. The van der Waals surface area contributed by atoms with Crippen LogP contribution in [0.2, 0.25) is 0 Å². The van der Waals surface area contributed by atoms with Crippen LogP contribution in [0.15, 0.2) is 16.6 Å². The molecule has 19 heavy (non-hydrogen) atoms. The Morgan fingerprint density at radius 2 is 2.05 bits per heavy atom. The van der Waals surface area contributed by atoms with Crippen LogP contribution in [0.1, 0.15) is 13.3 Å². The zero-order chi connectivity index (χ0) is 13.2. The summed E-state index contributed by atoms with van der Waals surface area (Å²) in [5.41, 5.74) is 4.61. The number of nitrogens with one attached hydrogen (secondary N) is 1. The summed E-state index contributed by atoms with van der Waals surface area (Å²) in [4.78, 5) is 9.57. The summed E-state index contributed by atoms with van der Waals surface area (Å²) in [7, 11) is 2.19. The maximum absolute atomic E-state index is 4.30. The van der Waals surface area contributed by atoms with Gasteiger partial charge in [-0.15, -0.1) is 0 Å². The van der Waals surface area contributed by atoms with Crippen LogP contribution in [-0.2, 0) is 0 Å². The third-order valence-electron chi connectivity index (χ3n) is 4.07. The lowest BCUT2D eigenvalue weighted by Crippen LogP contribution is -2.48. The molecule has 0 atom stereocenters. The molecule has 0 saturated carbocycles. The molecule has 3 aliphatic rings. The van der Waals surface area contributed by atoms with E-state index in [-0.39, 0.29) is 0 Å². The number of rotatable bonds is 3. The lowest BCUT2D eigenvalue weighted by atomic mass is 10.3. The van der Waals surface area contributed by atoms with E-state index in [9.17, 15) is 0 Å². The molecular weight excluding hydrogens is 240 g/mol. The van der Waals surface area contributed by atoms with Gasteiger partial charge in [-0.2, -0.15) is 5.10 Å². The van der Waals surface area contributed by atoms with Gasteiger partial charge < -0.3 is 14.7 Å². The van der Waals surface area contributed by atoms with Gasteiger partial charge in [-0.3, -0.25) is 10.3 Å². The fraction of sp³-hybridized carbons (Fsp3) is 0.769. The van der Waals surface area contributed by atoms with Crippen molar-refractivity contribution in [2.24, 2.45) is 5.10 Å². The maximum Gasteiger partial charge on any atom is 0.144 e. The molecule has 0 aliphatic carbocycles. The maximum atomic E-state index is 4.30. The van der Waals surface area contributed by atoms with E-state index in [0.717, 1.165) is 45.9 Å². The highest BCUT2D eigenvalue weighted by Gasteiger charge is 2.30. The standard InChI is InChI=1S/C13H24N6/c1-3-4-17-9-12-13(15-14-10-19(12)11-17)18-7-5-16(2)6-8-18/h10,15H,3-9,11H2,1-2H3. The van der Waals surface area contributed by atoms with Gasteiger partial charge in [0.1, 0.15) is 12.2 Å². The number of nitrogens with zero attached hydrogens (tertiary/aromatic N) is 5. The summed E-state index contributed by atoms with van der Waals surface area (Å²) in [5.74, 6) is 1.22. The number of piperazine rings is 1. The van der Waals surface area contributed by atoms with Crippen LogP contribution in [0.4, 0.5) is 0 Å². The topological polar surface area (TPSA) is 37.4 Å². The van der Waals surface area contributed by atoms with Crippen molar-refractivity contribution in [3.63, 3.8) is 0 Å². The molecule has 2 saturated heterocycles. The van der Waals surface area contributed by atoms with Crippen LogP contribution in [0, 0.1) is 0 Å². The van der Waals surface area contributed by atoms with Crippen molar-refractivity contribution in [1.29, 1.82) is 0 Å². The first kappa shape index (κ1) is 12.7. The quantitative estimate of drug-likeness (QED) is 0.773. The van der Waals surface area contributed by atoms with Crippen molar-refractivity contribution in [1.82, 2.24) is 25.0 Å². The minimum atomic E-state index is 0.978. The molecule has 3 heterocycles. The molecule has 3 rings (SSSR count). The largest absolute Gasteiger partial charge is 0.353 e. The summed E-state index contributed by atoms with van der Waals surface area (Å²) in [6, 6.07) is 0. The zero-order valence-corrected chi connectivity index (χ0v) is 12.0. The van der Waals surface area contributed by atoms with Gasteiger partial charge in [0, 0.05) is 32.7 Å². The van der Waals surface area contributed by atoms with Crippen molar-refractivity contribution in [3.8, 4) is 0 Å². The van der Waals surface area contributed by atoms with Gasteiger partial charge in [0.15, 0.2) is 0 Å². The van der Waals surface area contributed by atoms with Crippen molar-refractivity contribution >= 4 is 6.34 Å². The van der Waals surface area contributed by atoms with E-state index < -0.39 is 0 Å². The Bertz CT molecular complexity index is 383. The first-order chi connectivity index (χ1) is 9.28. The van der Waals surface area contributed by atoms with Crippen molar-refractivity contribution in [3.05, 3.63) is 11.5 Å². The average Bonchev–Trinajstić information content (AvgIpc) is 2.82. The van der Waals surface area contributed by atoms with Crippen LogP contribution in [0.5, 0.6) is 0 Å². The molecule has 0 aromatic rings. The summed E-state index contributed by atoms with van der Waals surface area (Å²) in [5, 5.41) is 4.30. The molecule has 106 valence electrons. The molecule has 0 amide bonds. The lowest BCUT2D eigenvalue weighted by molar-refractivity contribution is 0.173. The van der Waals surface area contributed by atoms with E-state index in [1.807, 2.05) is 6.34 Å². The van der Waals surface area contributed by atoms with E-state index in [4.69, 9.17) is 0 Å². The highest BCUT2D eigenvalue weighted by molar-refractivity contribution is 5.60. The predicted molar refractivity (Wildman–Crippen MR) is 76.3 cm³/mol. The monoisotopic (exact) mass is 264 g/mol. The second-order valence-electron chi connectivity index (χ2n) is 5.61. The Kier molecular flexibility index (Phi) is 3.61. The van der Waals surface area contributed by atoms with Crippen LogP contribution >= 0.6 is 0 Å². The predicted octanol–water partition coefficient (Wildman–Crippen LogP) is -0.0655. The number of hydrazone groups is 1. The molecule has 0 aromatic carbocycles. The van der Waals surface area contributed by atoms with E-state index in [2.05, 4.69) is 44.1 Å². The van der Waals surface area contributed by atoms with E-state index in [1.165, 1.54) is 17.9 Å². The average molecular weight is 264 g/mol. The number of likely N-dealkylation sites (N-methyl/N-ethyl adjacent to an activating group) is 1. The SMILES string of the molecule is CCCN1CC2=C(N3CCN(C)CC3)NN=CN2C1. The molecule has 0 unspecified atom stereocenters. The molecule has 6 nitrogen and oxygen atoms in total. The molecule has 2 fully saturated rings. The van der Waals surface area contributed by atoms with Crippen LogP contribution < -0.4 is 5.43 Å². The summed E-state index contributed by atoms with van der Waals surface area (Å²) in [6.07, 6.45) is 3.13. The molecule has 1 N–H and O–H groups in total. The van der Waals surface area contributed by atoms with Crippen molar-refractivity contribution in [2.45, 2.75) is 13.3 Å². The van der Waals surface area contributed by atoms with Gasteiger partial charge in [-0.05, 0) is 20.0 Å². The zero-order valence-electron chi connectivity index (χ0n) is 12.0. The normalized spacial score (nSPS) is 24.9. The van der Waals surface area contributed by atoms with E-state index >= 15 is 0 Å². The highest BCUT2D eigenvalue weighted by Crippen LogP contribution is 2.23. The Morgan fingerprint density at radius 3 is 2.79 bits per heavy atom. The van der Waals surface area contributed by atoms with Gasteiger partial charge in [0.2, 0.25) is 0 Å². The van der Waals surface area contributed by atoms with Gasteiger partial charge in [0.05, 0.1) is 12.4 Å². The molecule has 0 aromatic heterocycles. The van der Waals surface area contributed by atoms with E-state index in [0.29, 0.717) is 0 Å². The summed E-state index contributed by atoms with van der Waals surface area (Å²) in [6.45, 7) is 9.82. The van der Waals surface area contributed by atoms with Gasteiger partial charge in [-0.1, -0.05) is 6.92 Å². The number of hydrogen-bond donors (Lipinski definition) is 1. The van der Waals surface area contributed by atoms with Crippen LogP contribution in [-0.4, -0.2) is 78.9 Å². The van der Waals surface area contributed by atoms with Gasteiger partial charge >= 0.3 is 0 Å². The van der Waals surface area contributed by atoms with Gasteiger partial charge in [-0.25, -0.2) is 0 Å². The van der Waals surface area contributed by atoms with E-state index in [1.54, 1.807) is 0 Å². The molecule has 0 spiro atoms. The lowest BCUT2D eigenvalue weighted by Gasteiger charge is -2.37. The Balaban J connectivity index is 1.74. The first-order valence-corrected chi connectivity index (χ1v) is 7.22. The third kappa shape index (κ3) is 2.55. The fourth-order valence-corrected chi connectivity index (χ4v) is 2.94. The molecular formula is C13H24N6. The smallest absolute Gasteiger partial charge is 0.144 e. The third-order valence-corrected chi connectivity index (χ3v) is 4.07. The molecule has 0 bridgehead atoms. The Hall–Kier alpha value is -1.27. The van der Waals surface area contributed by atoms with Crippen molar-refractivity contribution in [2.75, 3.05) is 53.0 Å². The highest BCUT2D eigenvalue weighted by atomic mass is 15.5. The van der Waals surface area contributed by atoms with Crippen LogP contribution in [0.25, 0.3) is 0 Å². The first-order valence-electron chi connectivity index (χ1n) is 7.22. The van der Waals surface area contributed by atoms with Crippen LogP contribution in [0.3, 0.4) is 0 Å². The van der Waals surface area contributed by atoms with Crippen molar-refractivity contribution < 1.29 is 0 Å². The minimum Gasteiger partial charge on any atom is -0.353 e.